The van der Waals surface area contributed by atoms with Gasteiger partial charge in [0, 0.05) is 20.1 Å². The molecule has 0 bridgehead atoms. The fraction of sp³-hybridized carbons (Fsp3) is 0.688. The van der Waals surface area contributed by atoms with Crippen LogP contribution in [0.4, 0.5) is 5.82 Å². The molecule has 120 valence electrons. The molecule has 0 radical (unpaired) electrons. The number of aliphatic hydroxyl groups is 1. The van der Waals surface area contributed by atoms with Gasteiger partial charge in [-0.25, -0.2) is 9.97 Å². The summed E-state index contributed by atoms with van der Waals surface area (Å²) in [5.41, 5.74) is 1.87. The monoisotopic (exact) mass is 303 g/mol. The van der Waals surface area contributed by atoms with E-state index in [1.54, 1.807) is 0 Å². The predicted octanol–water partition coefficient (Wildman–Crippen LogP) is 1.97. The average Bonchev–Trinajstić information content (AvgIpc) is 2.80. The summed E-state index contributed by atoms with van der Waals surface area (Å²) in [6, 6.07) is 0. The molecule has 6 nitrogen and oxygen atoms in total. The quantitative estimate of drug-likeness (QED) is 0.939. The molecule has 1 aliphatic rings. The van der Waals surface area contributed by atoms with Crippen molar-refractivity contribution in [2.45, 2.75) is 46.1 Å². The zero-order valence-corrected chi connectivity index (χ0v) is 13.9. The molecule has 1 saturated heterocycles. The first-order valence-electron chi connectivity index (χ1n) is 8.12. The van der Waals surface area contributed by atoms with Crippen molar-refractivity contribution in [3.63, 3.8) is 0 Å². The molecular weight excluding hydrogens is 278 g/mol. The summed E-state index contributed by atoms with van der Waals surface area (Å²) in [7, 11) is 1.93. The number of hydrogen-bond acceptors (Lipinski definition) is 5. The molecule has 1 fully saturated rings. The van der Waals surface area contributed by atoms with E-state index in [9.17, 15) is 5.11 Å². The molecule has 2 aromatic heterocycles. The Bertz CT molecular complexity index is 673. The number of aliphatic hydroxyl groups excluding tert-OH is 1. The second-order valence-electron chi connectivity index (χ2n) is 6.30. The maximum Gasteiger partial charge on any atom is 0.163 e. The molecule has 0 spiro atoms. The Morgan fingerprint density at radius 3 is 2.55 bits per heavy atom. The summed E-state index contributed by atoms with van der Waals surface area (Å²) < 4.78 is 1.83. The van der Waals surface area contributed by atoms with Crippen LogP contribution >= 0.6 is 0 Å². The number of hydrogen-bond donors (Lipinski definition) is 1. The van der Waals surface area contributed by atoms with Crippen LogP contribution in [0, 0.1) is 19.8 Å². The van der Waals surface area contributed by atoms with Gasteiger partial charge in [0.2, 0.25) is 0 Å². The largest absolute Gasteiger partial charge is 0.393 e. The molecule has 3 rings (SSSR count). The Morgan fingerprint density at radius 2 is 1.91 bits per heavy atom. The second-order valence-corrected chi connectivity index (χ2v) is 6.30. The molecule has 22 heavy (non-hydrogen) atoms. The summed E-state index contributed by atoms with van der Waals surface area (Å²) in [4.78, 5) is 11.5. The van der Waals surface area contributed by atoms with Gasteiger partial charge in [0.25, 0.3) is 0 Å². The highest BCUT2D eigenvalue weighted by Crippen LogP contribution is 2.31. The first-order valence-corrected chi connectivity index (χ1v) is 8.12. The average molecular weight is 303 g/mol. The van der Waals surface area contributed by atoms with Gasteiger partial charge in [-0.05, 0) is 39.0 Å². The van der Waals surface area contributed by atoms with Crippen LogP contribution < -0.4 is 4.90 Å². The highest BCUT2D eigenvalue weighted by molar-refractivity contribution is 5.89. The van der Waals surface area contributed by atoms with Gasteiger partial charge in [-0.1, -0.05) is 6.92 Å². The number of nitrogens with zero attached hydrogens (tertiary/aromatic N) is 5. The van der Waals surface area contributed by atoms with E-state index < -0.39 is 0 Å². The van der Waals surface area contributed by atoms with Crippen molar-refractivity contribution in [2.75, 3.05) is 18.0 Å². The van der Waals surface area contributed by atoms with Crippen LogP contribution in [0.15, 0.2) is 0 Å². The minimum absolute atomic E-state index is 0.172. The molecule has 6 heteroatoms. The maximum atomic E-state index is 10.0. The Hall–Kier alpha value is -1.69. The van der Waals surface area contributed by atoms with Crippen LogP contribution in [0.2, 0.25) is 0 Å². The third-order valence-corrected chi connectivity index (χ3v) is 4.75. The normalized spacial score (nSPS) is 18.1. The van der Waals surface area contributed by atoms with Gasteiger partial charge in [-0.3, -0.25) is 4.68 Å². The molecule has 1 N–H and O–H groups in total. The Labute approximate surface area is 131 Å². The SMILES string of the molecule is CC[C@H](O)C1CCN(c2nc(C)nc3c2c(C)nn3C)CC1. The first kappa shape index (κ1) is 15.2. The van der Waals surface area contributed by atoms with Crippen LogP contribution in [0.5, 0.6) is 0 Å². The smallest absolute Gasteiger partial charge is 0.163 e. The highest BCUT2D eigenvalue weighted by Gasteiger charge is 2.27. The lowest BCUT2D eigenvalue weighted by molar-refractivity contribution is 0.0892. The van der Waals surface area contributed by atoms with E-state index in [0.29, 0.717) is 5.92 Å². The van der Waals surface area contributed by atoms with Gasteiger partial charge < -0.3 is 10.0 Å². The van der Waals surface area contributed by atoms with E-state index in [2.05, 4.69) is 20.0 Å². The minimum Gasteiger partial charge on any atom is -0.393 e. The highest BCUT2D eigenvalue weighted by atomic mass is 16.3. The van der Waals surface area contributed by atoms with Crippen molar-refractivity contribution in [1.29, 1.82) is 0 Å². The number of fused-ring (bicyclic) bond motifs is 1. The van der Waals surface area contributed by atoms with Crippen LogP contribution in [-0.2, 0) is 7.05 Å². The third kappa shape index (κ3) is 2.56. The lowest BCUT2D eigenvalue weighted by Gasteiger charge is -2.35. The topological polar surface area (TPSA) is 67.1 Å². The van der Waals surface area contributed by atoms with E-state index in [-0.39, 0.29) is 6.10 Å². The van der Waals surface area contributed by atoms with Crippen molar-refractivity contribution in [3.05, 3.63) is 11.5 Å². The fourth-order valence-electron chi connectivity index (χ4n) is 3.48. The number of rotatable bonds is 3. The van der Waals surface area contributed by atoms with Gasteiger partial charge in [0.05, 0.1) is 17.2 Å². The van der Waals surface area contributed by atoms with Gasteiger partial charge in [0.1, 0.15) is 11.6 Å². The van der Waals surface area contributed by atoms with Gasteiger partial charge in [-0.15, -0.1) is 0 Å². The molecule has 0 saturated carbocycles. The van der Waals surface area contributed by atoms with E-state index >= 15 is 0 Å². The molecule has 3 heterocycles. The first-order chi connectivity index (χ1) is 10.5. The lowest BCUT2D eigenvalue weighted by Crippen LogP contribution is -2.38. The summed E-state index contributed by atoms with van der Waals surface area (Å²) in [5.74, 6) is 2.19. The van der Waals surface area contributed by atoms with E-state index in [1.165, 1.54) is 0 Å². The molecule has 0 unspecified atom stereocenters. The van der Waals surface area contributed by atoms with Crippen LogP contribution in [0.25, 0.3) is 11.0 Å². The molecule has 1 atom stereocenters. The Morgan fingerprint density at radius 1 is 1.23 bits per heavy atom. The number of aromatic nitrogens is 4. The molecule has 2 aromatic rings. The third-order valence-electron chi connectivity index (χ3n) is 4.75. The van der Waals surface area contributed by atoms with Crippen LogP contribution in [-0.4, -0.2) is 44.0 Å². The van der Waals surface area contributed by atoms with Crippen molar-refractivity contribution in [3.8, 4) is 0 Å². The summed E-state index contributed by atoms with van der Waals surface area (Å²) in [6.07, 6.45) is 2.69. The van der Waals surface area contributed by atoms with E-state index in [4.69, 9.17) is 0 Å². The molecule has 0 aliphatic carbocycles. The summed E-state index contributed by atoms with van der Waals surface area (Å²) >= 11 is 0. The standard InChI is InChI=1S/C16H25N5O/c1-5-13(22)12-6-8-21(9-7-12)16-14-10(2)19-20(4)15(14)17-11(3)18-16/h12-13,22H,5-9H2,1-4H3/t13-/m0/s1. The maximum absolute atomic E-state index is 10.0. The van der Waals surface area contributed by atoms with E-state index in [0.717, 1.165) is 60.7 Å². The van der Waals surface area contributed by atoms with Crippen molar-refractivity contribution in [1.82, 2.24) is 19.7 Å². The molecule has 0 aromatic carbocycles. The number of anilines is 1. The van der Waals surface area contributed by atoms with Gasteiger partial charge in [0.15, 0.2) is 5.65 Å². The number of aryl methyl sites for hydroxylation is 3. The predicted molar refractivity (Wildman–Crippen MR) is 87.0 cm³/mol. The van der Waals surface area contributed by atoms with Crippen molar-refractivity contribution >= 4 is 16.9 Å². The molecular formula is C16H25N5O. The van der Waals surface area contributed by atoms with E-state index in [1.807, 2.05) is 32.5 Å². The summed E-state index contributed by atoms with van der Waals surface area (Å²) in [6.45, 7) is 7.85. The Balaban J connectivity index is 1.91. The zero-order valence-electron chi connectivity index (χ0n) is 13.9. The molecule has 0 amide bonds. The second kappa shape index (κ2) is 5.83. The van der Waals surface area contributed by atoms with Crippen molar-refractivity contribution in [2.24, 2.45) is 13.0 Å². The van der Waals surface area contributed by atoms with Gasteiger partial charge in [-0.2, -0.15) is 5.10 Å². The Kier molecular flexibility index (Phi) is 4.04. The lowest BCUT2D eigenvalue weighted by atomic mass is 9.90. The van der Waals surface area contributed by atoms with Crippen molar-refractivity contribution < 1.29 is 5.11 Å². The summed E-state index contributed by atoms with van der Waals surface area (Å²) in [5, 5.41) is 15.6. The zero-order chi connectivity index (χ0) is 15.9. The molecule has 1 aliphatic heterocycles. The van der Waals surface area contributed by atoms with Gasteiger partial charge >= 0.3 is 0 Å². The minimum atomic E-state index is -0.172. The van der Waals surface area contributed by atoms with Crippen LogP contribution in [0.1, 0.15) is 37.7 Å². The van der Waals surface area contributed by atoms with Crippen LogP contribution in [0.3, 0.4) is 0 Å². The fourth-order valence-corrected chi connectivity index (χ4v) is 3.48. The number of piperidine rings is 1.